The number of aromatic nitrogens is 2. The molecular formula is C17H17N3. The highest BCUT2D eigenvalue weighted by Gasteiger charge is 2.10. The molecule has 0 amide bonds. The van der Waals surface area contributed by atoms with Gasteiger partial charge in [0.2, 0.25) is 0 Å². The van der Waals surface area contributed by atoms with Gasteiger partial charge in [0.25, 0.3) is 0 Å². The molecule has 3 heteroatoms. The SMILES string of the molecule is CCc1ccccc1-c1cc(N)n(-c2ccccc2)n1. The molecule has 0 saturated carbocycles. The second kappa shape index (κ2) is 5.21. The molecule has 3 rings (SSSR count). The van der Waals surface area contributed by atoms with Gasteiger partial charge < -0.3 is 5.73 Å². The van der Waals surface area contributed by atoms with E-state index in [0.29, 0.717) is 5.82 Å². The van der Waals surface area contributed by atoms with E-state index in [1.807, 2.05) is 42.5 Å². The minimum atomic E-state index is 0.650. The first kappa shape index (κ1) is 12.5. The van der Waals surface area contributed by atoms with Gasteiger partial charge in [0, 0.05) is 11.6 Å². The molecule has 0 saturated heterocycles. The summed E-state index contributed by atoms with van der Waals surface area (Å²) >= 11 is 0. The van der Waals surface area contributed by atoms with Crippen LogP contribution in [0.3, 0.4) is 0 Å². The van der Waals surface area contributed by atoms with Crippen molar-refractivity contribution in [2.45, 2.75) is 13.3 Å². The molecule has 0 spiro atoms. The zero-order valence-electron chi connectivity index (χ0n) is 11.5. The van der Waals surface area contributed by atoms with Gasteiger partial charge in [-0.3, -0.25) is 0 Å². The number of nitrogens with zero attached hydrogens (tertiary/aromatic N) is 2. The van der Waals surface area contributed by atoms with Gasteiger partial charge in [0.05, 0.1) is 11.4 Å². The zero-order valence-corrected chi connectivity index (χ0v) is 11.5. The summed E-state index contributed by atoms with van der Waals surface area (Å²) in [5.41, 5.74) is 10.4. The summed E-state index contributed by atoms with van der Waals surface area (Å²) in [6.45, 7) is 2.15. The van der Waals surface area contributed by atoms with Crippen LogP contribution < -0.4 is 5.73 Å². The van der Waals surface area contributed by atoms with E-state index in [2.05, 4.69) is 30.2 Å². The van der Waals surface area contributed by atoms with Gasteiger partial charge in [-0.05, 0) is 24.1 Å². The molecule has 0 unspecified atom stereocenters. The van der Waals surface area contributed by atoms with E-state index in [4.69, 9.17) is 5.73 Å². The topological polar surface area (TPSA) is 43.8 Å². The third-order valence-electron chi connectivity index (χ3n) is 3.41. The van der Waals surface area contributed by atoms with Gasteiger partial charge in [0.1, 0.15) is 5.82 Å². The van der Waals surface area contributed by atoms with E-state index in [-0.39, 0.29) is 0 Å². The van der Waals surface area contributed by atoms with Crippen LogP contribution >= 0.6 is 0 Å². The molecule has 0 fully saturated rings. The van der Waals surface area contributed by atoms with E-state index < -0.39 is 0 Å². The summed E-state index contributed by atoms with van der Waals surface area (Å²) in [6.07, 6.45) is 0.980. The summed E-state index contributed by atoms with van der Waals surface area (Å²) in [7, 11) is 0. The van der Waals surface area contributed by atoms with Crippen LogP contribution in [-0.4, -0.2) is 9.78 Å². The smallest absolute Gasteiger partial charge is 0.127 e. The van der Waals surface area contributed by atoms with Crippen LogP contribution in [-0.2, 0) is 6.42 Å². The number of para-hydroxylation sites is 1. The van der Waals surface area contributed by atoms with Gasteiger partial charge in [-0.15, -0.1) is 0 Å². The number of hydrogen-bond donors (Lipinski definition) is 1. The van der Waals surface area contributed by atoms with Crippen molar-refractivity contribution in [3.8, 4) is 16.9 Å². The van der Waals surface area contributed by atoms with Crippen LogP contribution in [0.4, 0.5) is 5.82 Å². The second-order valence-corrected chi connectivity index (χ2v) is 4.71. The van der Waals surface area contributed by atoms with Crippen molar-refractivity contribution in [3.05, 3.63) is 66.2 Å². The van der Waals surface area contributed by atoms with Crippen LogP contribution in [0.15, 0.2) is 60.7 Å². The third kappa shape index (κ3) is 2.18. The first-order valence-corrected chi connectivity index (χ1v) is 6.79. The Morgan fingerprint density at radius 2 is 1.70 bits per heavy atom. The van der Waals surface area contributed by atoms with Crippen molar-refractivity contribution in [2.24, 2.45) is 0 Å². The van der Waals surface area contributed by atoms with Crippen LogP contribution in [0, 0.1) is 0 Å². The highest BCUT2D eigenvalue weighted by atomic mass is 15.3. The van der Waals surface area contributed by atoms with Gasteiger partial charge in [-0.25, -0.2) is 4.68 Å². The van der Waals surface area contributed by atoms with Crippen molar-refractivity contribution in [2.75, 3.05) is 5.73 Å². The Balaban J connectivity index is 2.09. The zero-order chi connectivity index (χ0) is 13.9. The summed E-state index contributed by atoms with van der Waals surface area (Å²) < 4.78 is 1.78. The fourth-order valence-corrected chi connectivity index (χ4v) is 2.38. The lowest BCUT2D eigenvalue weighted by atomic mass is 10.0. The monoisotopic (exact) mass is 263 g/mol. The number of nitrogens with two attached hydrogens (primary N) is 1. The van der Waals surface area contributed by atoms with Crippen molar-refractivity contribution in [3.63, 3.8) is 0 Å². The quantitative estimate of drug-likeness (QED) is 0.783. The van der Waals surface area contributed by atoms with Crippen LogP contribution in [0.5, 0.6) is 0 Å². The lowest BCUT2D eigenvalue weighted by Crippen LogP contribution is -2.01. The average molecular weight is 263 g/mol. The lowest BCUT2D eigenvalue weighted by molar-refractivity contribution is 0.894. The molecule has 0 aliphatic carbocycles. The molecule has 3 aromatic rings. The highest BCUT2D eigenvalue weighted by molar-refractivity contribution is 5.67. The largest absolute Gasteiger partial charge is 0.384 e. The Morgan fingerprint density at radius 1 is 1.00 bits per heavy atom. The molecule has 0 bridgehead atoms. The maximum atomic E-state index is 6.10. The molecule has 100 valence electrons. The molecule has 2 aromatic carbocycles. The standard InChI is InChI=1S/C17H17N3/c1-2-13-8-6-7-11-15(13)16-12-17(18)20(19-16)14-9-4-3-5-10-14/h3-12H,2,18H2,1H3. The first-order chi connectivity index (χ1) is 9.79. The first-order valence-electron chi connectivity index (χ1n) is 6.79. The highest BCUT2D eigenvalue weighted by Crippen LogP contribution is 2.26. The van der Waals surface area contributed by atoms with Crippen molar-refractivity contribution in [1.82, 2.24) is 9.78 Å². The van der Waals surface area contributed by atoms with Crippen molar-refractivity contribution < 1.29 is 0 Å². The van der Waals surface area contributed by atoms with E-state index in [9.17, 15) is 0 Å². The van der Waals surface area contributed by atoms with Crippen LogP contribution in [0.25, 0.3) is 16.9 Å². The van der Waals surface area contributed by atoms with Gasteiger partial charge in [-0.1, -0.05) is 49.4 Å². The minimum absolute atomic E-state index is 0.650. The normalized spacial score (nSPS) is 10.7. The maximum Gasteiger partial charge on any atom is 0.127 e. The van der Waals surface area contributed by atoms with Gasteiger partial charge in [0.15, 0.2) is 0 Å². The number of hydrogen-bond acceptors (Lipinski definition) is 2. The molecule has 1 aromatic heterocycles. The van der Waals surface area contributed by atoms with E-state index in [1.165, 1.54) is 5.56 Å². The Bertz CT molecular complexity index is 714. The number of nitrogen functional groups attached to an aromatic ring is 1. The van der Waals surface area contributed by atoms with Gasteiger partial charge >= 0.3 is 0 Å². The maximum absolute atomic E-state index is 6.10. The molecule has 1 heterocycles. The molecule has 0 aliphatic heterocycles. The average Bonchev–Trinajstić information content (AvgIpc) is 2.90. The molecule has 20 heavy (non-hydrogen) atoms. The van der Waals surface area contributed by atoms with Crippen LogP contribution in [0.1, 0.15) is 12.5 Å². The summed E-state index contributed by atoms with van der Waals surface area (Å²) in [4.78, 5) is 0. The fraction of sp³-hybridized carbons (Fsp3) is 0.118. The minimum Gasteiger partial charge on any atom is -0.384 e. The Kier molecular flexibility index (Phi) is 3.25. The van der Waals surface area contributed by atoms with Crippen molar-refractivity contribution in [1.29, 1.82) is 0 Å². The predicted octanol–water partition coefficient (Wildman–Crippen LogP) is 3.68. The number of anilines is 1. The second-order valence-electron chi connectivity index (χ2n) is 4.71. The summed E-state index contributed by atoms with van der Waals surface area (Å²) in [5, 5.41) is 4.65. The summed E-state index contributed by atoms with van der Waals surface area (Å²) in [6, 6.07) is 20.2. The van der Waals surface area contributed by atoms with E-state index in [0.717, 1.165) is 23.4 Å². The third-order valence-corrected chi connectivity index (χ3v) is 3.41. The number of rotatable bonds is 3. The Labute approximate surface area is 118 Å². The van der Waals surface area contributed by atoms with E-state index >= 15 is 0 Å². The Hall–Kier alpha value is -2.55. The number of benzene rings is 2. The van der Waals surface area contributed by atoms with E-state index in [1.54, 1.807) is 4.68 Å². The fourth-order valence-electron chi connectivity index (χ4n) is 2.38. The molecule has 0 aliphatic rings. The summed E-state index contributed by atoms with van der Waals surface area (Å²) in [5.74, 6) is 0.650. The predicted molar refractivity (Wildman–Crippen MR) is 82.8 cm³/mol. The number of aryl methyl sites for hydroxylation is 1. The molecule has 2 N–H and O–H groups in total. The molecule has 0 atom stereocenters. The lowest BCUT2D eigenvalue weighted by Gasteiger charge is -2.05. The molecular weight excluding hydrogens is 246 g/mol. The Morgan fingerprint density at radius 3 is 2.45 bits per heavy atom. The molecule has 3 nitrogen and oxygen atoms in total. The van der Waals surface area contributed by atoms with Crippen LogP contribution in [0.2, 0.25) is 0 Å². The van der Waals surface area contributed by atoms with Crippen molar-refractivity contribution >= 4 is 5.82 Å². The molecule has 0 radical (unpaired) electrons. The van der Waals surface area contributed by atoms with Gasteiger partial charge in [-0.2, -0.15) is 5.10 Å².